The van der Waals surface area contributed by atoms with Crippen LogP contribution >= 0.6 is 0 Å². The highest BCUT2D eigenvalue weighted by Gasteiger charge is 2.08. The summed E-state index contributed by atoms with van der Waals surface area (Å²) in [6.07, 6.45) is 0.959. The minimum absolute atomic E-state index is 0.106. The van der Waals surface area contributed by atoms with Gasteiger partial charge in [-0.05, 0) is 37.6 Å². The van der Waals surface area contributed by atoms with Gasteiger partial charge in [-0.25, -0.2) is 0 Å². The molecule has 0 heterocycles. The monoisotopic (exact) mass is 240 g/mol. The van der Waals surface area contributed by atoms with Gasteiger partial charge in [0.1, 0.15) is 12.0 Å². The number of carbonyl (C=O) groups excluding carboxylic acids is 1. The van der Waals surface area contributed by atoms with Crippen LogP contribution in [0.15, 0.2) is 48.5 Å². The van der Waals surface area contributed by atoms with E-state index in [1.807, 2.05) is 56.3 Å². The highest BCUT2D eigenvalue weighted by atomic mass is 16.5. The van der Waals surface area contributed by atoms with E-state index in [1.54, 1.807) is 6.07 Å². The lowest BCUT2D eigenvalue weighted by molar-refractivity contribution is 0.112. The lowest BCUT2D eigenvalue weighted by atomic mass is 10.0. The summed E-state index contributed by atoms with van der Waals surface area (Å²) < 4.78 is 5.78. The van der Waals surface area contributed by atoms with Crippen LogP contribution in [0.3, 0.4) is 0 Å². The van der Waals surface area contributed by atoms with Gasteiger partial charge in [-0.3, -0.25) is 4.79 Å². The molecule has 0 saturated heterocycles. The predicted octanol–water partition coefficient (Wildman–Crippen LogP) is 3.95. The van der Waals surface area contributed by atoms with Gasteiger partial charge in [0.15, 0.2) is 0 Å². The standard InChI is InChI=1S/C16H16O2/c1-12(2)18-16-9-8-13(11-17)10-15(16)14-6-4-3-5-7-14/h3-12H,1-2H3. The molecule has 0 fully saturated rings. The molecule has 0 saturated carbocycles. The summed E-state index contributed by atoms with van der Waals surface area (Å²) >= 11 is 0. The Balaban J connectivity index is 2.51. The predicted molar refractivity (Wildman–Crippen MR) is 73.0 cm³/mol. The van der Waals surface area contributed by atoms with Crippen LogP contribution in [0, 0.1) is 0 Å². The van der Waals surface area contributed by atoms with Gasteiger partial charge in [0.25, 0.3) is 0 Å². The molecule has 0 aliphatic rings. The van der Waals surface area contributed by atoms with Crippen molar-refractivity contribution in [2.45, 2.75) is 20.0 Å². The molecule has 0 radical (unpaired) electrons. The summed E-state index contributed by atoms with van der Waals surface area (Å²) in [5, 5.41) is 0. The second kappa shape index (κ2) is 5.50. The largest absolute Gasteiger partial charge is 0.490 e. The molecule has 0 unspecified atom stereocenters. The molecule has 0 atom stereocenters. The average molecular weight is 240 g/mol. The number of carbonyl (C=O) groups is 1. The molecule has 2 heteroatoms. The van der Waals surface area contributed by atoms with E-state index in [-0.39, 0.29) is 6.10 Å². The number of ether oxygens (including phenoxy) is 1. The number of rotatable bonds is 4. The van der Waals surface area contributed by atoms with Crippen LogP contribution in [0.25, 0.3) is 11.1 Å². The highest BCUT2D eigenvalue weighted by molar-refractivity contribution is 5.81. The van der Waals surface area contributed by atoms with E-state index in [0.29, 0.717) is 5.56 Å². The molecule has 0 aromatic heterocycles. The van der Waals surface area contributed by atoms with Crippen molar-refractivity contribution in [1.29, 1.82) is 0 Å². The van der Waals surface area contributed by atoms with Gasteiger partial charge >= 0.3 is 0 Å². The Kier molecular flexibility index (Phi) is 3.78. The van der Waals surface area contributed by atoms with Crippen LogP contribution in [0.1, 0.15) is 24.2 Å². The first kappa shape index (κ1) is 12.4. The second-order valence-electron chi connectivity index (χ2n) is 4.41. The van der Waals surface area contributed by atoms with Gasteiger partial charge < -0.3 is 4.74 Å². The molecule has 0 aliphatic carbocycles. The van der Waals surface area contributed by atoms with Crippen LogP contribution in [0.5, 0.6) is 5.75 Å². The van der Waals surface area contributed by atoms with Gasteiger partial charge in [0.2, 0.25) is 0 Å². The van der Waals surface area contributed by atoms with E-state index >= 15 is 0 Å². The minimum atomic E-state index is 0.106. The van der Waals surface area contributed by atoms with Gasteiger partial charge in [0, 0.05) is 11.1 Å². The molecule has 2 rings (SSSR count). The van der Waals surface area contributed by atoms with Crippen molar-refractivity contribution in [3.05, 3.63) is 54.1 Å². The maximum atomic E-state index is 10.9. The lowest BCUT2D eigenvalue weighted by Gasteiger charge is -2.14. The van der Waals surface area contributed by atoms with Gasteiger partial charge in [-0.2, -0.15) is 0 Å². The van der Waals surface area contributed by atoms with Gasteiger partial charge in [0.05, 0.1) is 6.10 Å². The number of benzene rings is 2. The van der Waals surface area contributed by atoms with Crippen LogP contribution in [0.2, 0.25) is 0 Å². The molecule has 92 valence electrons. The van der Waals surface area contributed by atoms with Crippen molar-refractivity contribution in [1.82, 2.24) is 0 Å². The zero-order valence-electron chi connectivity index (χ0n) is 10.6. The Hall–Kier alpha value is -2.09. The minimum Gasteiger partial charge on any atom is -0.490 e. The zero-order valence-corrected chi connectivity index (χ0v) is 10.6. The molecule has 0 bridgehead atoms. The molecule has 2 aromatic rings. The molecule has 0 N–H and O–H groups in total. The number of aldehydes is 1. The molecule has 0 spiro atoms. The average Bonchev–Trinajstić information content (AvgIpc) is 2.39. The zero-order chi connectivity index (χ0) is 13.0. The Morgan fingerprint density at radius 2 is 1.78 bits per heavy atom. The molecule has 2 nitrogen and oxygen atoms in total. The van der Waals surface area contributed by atoms with Crippen LogP contribution in [-0.4, -0.2) is 12.4 Å². The first-order valence-corrected chi connectivity index (χ1v) is 6.02. The van der Waals surface area contributed by atoms with E-state index in [2.05, 4.69) is 0 Å². The van der Waals surface area contributed by atoms with Crippen molar-refractivity contribution in [2.24, 2.45) is 0 Å². The first-order chi connectivity index (χ1) is 8.70. The quantitative estimate of drug-likeness (QED) is 0.756. The Morgan fingerprint density at radius 1 is 1.06 bits per heavy atom. The van der Waals surface area contributed by atoms with E-state index in [1.165, 1.54) is 0 Å². The molecule has 0 aliphatic heterocycles. The first-order valence-electron chi connectivity index (χ1n) is 6.02. The topological polar surface area (TPSA) is 26.3 Å². The van der Waals surface area contributed by atoms with Crippen LogP contribution < -0.4 is 4.74 Å². The summed E-state index contributed by atoms with van der Waals surface area (Å²) in [6.45, 7) is 3.98. The molecule has 0 amide bonds. The fourth-order valence-electron chi connectivity index (χ4n) is 1.82. The molecular formula is C16H16O2. The Bertz CT molecular complexity index is 530. The van der Waals surface area contributed by atoms with Gasteiger partial charge in [-0.1, -0.05) is 30.3 Å². The molecule has 18 heavy (non-hydrogen) atoms. The Labute approximate surface area is 107 Å². The third-order valence-corrected chi connectivity index (χ3v) is 2.59. The SMILES string of the molecule is CC(C)Oc1ccc(C=O)cc1-c1ccccc1. The summed E-state index contributed by atoms with van der Waals surface area (Å²) in [4.78, 5) is 10.9. The molecular weight excluding hydrogens is 224 g/mol. The van der Waals surface area contributed by atoms with E-state index in [0.717, 1.165) is 23.2 Å². The number of hydrogen-bond donors (Lipinski definition) is 0. The third kappa shape index (κ3) is 2.77. The second-order valence-corrected chi connectivity index (χ2v) is 4.41. The fourth-order valence-corrected chi connectivity index (χ4v) is 1.82. The smallest absolute Gasteiger partial charge is 0.150 e. The summed E-state index contributed by atoms with van der Waals surface area (Å²) in [7, 11) is 0. The highest BCUT2D eigenvalue weighted by Crippen LogP contribution is 2.31. The van der Waals surface area contributed by atoms with E-state index < -0.39 is 0 Å². The van der Waals surface area contributed by atoms with Crippen molar-refractivity contribution in [3.8, 4) is 16.9 Å². The van der Waals surface area contributed by atoms with E-state index in [9.17, 15) is 4.79 Å². The van der Waals surface area contributed by atoms with Crippen molar-refractivity contribution < 1.29 is 9.53 Å². The molecule has 2 aromatic carbocycles. The van der Waals surface area contributed by atoms with Gasteiger partial charge in [-0.15, -0.1) is 0 Å². The maximum absolute atomic E-state index is 10.9. The summed E-state index contributed by atoms with van der Waals surface area (Å²) in [5.41, 5.74) is 2.66. The van der Waals surface area contributed by atoms with Crippen LogP contribution in [-0.2, 0) is 0 Å². The fraction of sp³-hybridized carbons (Fsp3) is 0.188. The lowest BCUT2D eigenvalue weighted by Crippen LogP contribution is -2.06. The van der Waals surface area contributed by atoms with E-state index in [4.69, 9.17) is 4.74 Å². The number of hydrogen-bond acceptors (Lipinski definition) is 2. The summed E-state index contributed by atoms with van der Waals surface area (Å²) in [5.74, 6) is 0.807. The normalized spacial score (nSPS) is 10.4. The third-order valence-electron chi connectivity index (χ3n) is 2.59. The maximum Gasteiger partial charge on any atom is 0.150 e. The Morgan fingerprint density at radius 3 is 2.39 bits per heavy atom. The van der Waals surface area contributed by atoms with Crippen molar-refractivity contribution in [3.63, 3.8) is 0 Å². The van der Waals surface area contributed by atoms with Crippen molar-refractivity contribution in [2.75, 3.05) is 0 Å². The van der Waals surface area contributed by atoms with Crippen LogP contribution in [0.4, 0.5) is 0 Å². The van der Waals surface area contributed by atoms with Crippen molar-refractivity contribution >= 4 is 6.29 Å². The summed E-state index contributed by atoms with van der Waals surface area (Å²) in [6, 6.07) is 15.4.